The first-order valence-corrected chi connectivity index (χ1v) is 14.8. The lowest BCUT2D eigenvalue weighted by molar-refractivity contribution is 0.225. The fourth-order valence-electron chi connectivity index (χ4n) is 4.31. The summed E-state index contributed by atoms with van der Waals surface area (Å²) >= 11 is 0. The zero-order valence-electron chi connectivity index (χ0n) is 23.7. The second-order valence-electron chi connectivity index (χ2n) is 10.9. The number of sulfonamides is 1. The van der Waals surface area contributed by atoms with Crippen molar-refractivity contribution >= 4 is 21.4 Å². The minimum absolute atomic E-state index is 0.0161. The number of rotatable bonds is 9. The van der Waals surface area contributed by atoms with Gasteiger partial charge in [-0.25, -0.2) is 27.6 Å². The molecule has 10 nitrogen and oxygen atoms in total. The van der Waals surface area contributed by atoms with E-state index in [-0.39, 0.29) is 16.9 Å². The number of aromatic nitrogens is 5. The summed E-state index contributed by atoms with van der Waals surface area (Å²) in [6.07, 6.45) is 4.85. The molecule has 5 rings (SSSR count). The van der Waals surface area contributed by atoms with Gasteiger partial charge in [-0.2, -0.15) is 0 Å². The van der Waals surface area contributed by atoms with Gasteiger partial charge in [-0.3, -0.25) is 4.98 Å². The summed E-state index contributed by atoms with van der Waals surface area (Å²) in [6, 6.07) is 19.2. The van der Waals surface area contributed by atoms with Crippen molar-refractivity contribution in [2.45, 2.75) is 57.7 Å². The Labute approximate surface area is 239 Å². The van der Waals surface area contributed by atoms with E-state index in [1.54, 1.807) is 31.5 Å². The van der Waals surface area contributed by atoms with E-state index in [9.17, 15) is 8.42 Å². The lowest BCUT2D eigenvalue weighted by Crippen LogP contribution is -2.40. The van der Waals surface area contributed by atoms with Crippen LogP contribution in [0.4, 0.5) is 5.82 Å². The Morgan fingerprint density at radius 2 is 1.73 bits per heavy atom. The van der Waals surface area contributed by atoms with Gasteiger partial charge in [0.25, 0.3) is 0 Å². The molecule has 0 aliphatic carbocycles. The summed E-state index contributed by atoms with van der Waals surface area (Å²) in [5.41, 5.74) is 3.32. The average Bonchev–Trinajstić information content (AvgIpc) is 3.36. The van der Waals surface area contributed by atoms with E-state index in [1.807, 2.05) is 74.6 Å². The van der Waals surface area contributed by atoms with Crippen LogP contribution in [0.1, 0.15) is 40.3 Å². The molecule has 0 spiro atoms. The topological polar surface area (TPSA) is 123 Å². The van der Waals surface area contributed by atoms with Crippen molar-refractivity contribution in [3.8, 4) is 28.4 Å². The number of nitrogens with zero attached hydrogens (tertiary/aromatic N) is 5. The summed E-state index contributed by atoms with van der Waals surface area (Å²) in [5, 5.41) is 8.16. The van der Waals surface area contributed by atoms with Gasteiger partial charge in [-0.05, 0) is 64.4 Å². The molecular formula is C30H33N7O3S. The van der Waals surface area contributed by atoms with Crippen LogP contribution in [-0.4, -0.2) is 44.6 Å². The molecule has 0 aliphatic heterocycles. The van der Waals surface area contributed by atoms with E-state index >= 15 is 0 Å². The summed E-state index contributed by atoms with van der Waals surface area (Å²) < 4.78 is 37.1. The van der Waals surface area contributed by atoms with Crippen molar-refractivity contribution in [2.75, 3.05) is 5.32 Å². The zero-order valence-corrected chi connectivity index (χ0v) is 24.5. The monoisotopic (exact) mass is 571 g/mol. The third-order valence-corrected chi connectivity index (χ3v) is 7.67. The SMILES string of the molecule is CC(C)Oc1ncc(-c2nc(NCc3ccccn3)c3c(-c4ccccc4)ccn3n2)cc1S(=O)(=O)NC(C)(C)C. The highest BCUT2D eigenvalue weighted by Gasteiger charge is 2.28. The minimum Gasteiger partial charge on any atom is -0.474 e. The van der Waals surface area contributed by atoms with E-state index in [0.29, 0.717) is 23.8 Å². The first kappa shape index (κ1) is 28.2. The molecule has 11 heteroatoms. The van der Waals surface area contributed by atoms with Crippen LogP contribution in [0.5, 0.6) is 5.88 Å². The second kappa shape index (κ2) is 11.3. The number of benzene rings is 1. The van der Waals surface area contributed by atoms with E-state index in [4.69, 9.17) is 14.8 Å². The second-order valence-corrected chi connectivity index (χ2v) is 12.5. The highest BCUT2D eigenvalue weighted by molar-refractivity contribution is 7.89. The third-order valence-electron chi connectivity index (χ3n) is 5.91. The Kier molecular flexibility index (Phi) is 7.74. The van der Waals surface area contributed by atoms with Crippen LogP contribution in [0, 0.1) is 0 Å². The fraction of sp³-hybridized carbons (Fsp3) is 0.267. The minimum atomic E-state index is -3.98. The van der Waals surface area contributed by atoms with E-state index in [0.717, 1.165) is 22.3 Å². The standard InChI is InChI=1S/C30H33N7O3S/c1-20(2)40-29-25(41(38,39)36-30(3,4)5)17-22(18-33-29)27-34-28(32-19-23-13-9-10-15-31-23)26-24(14-16-37(26)35-27)21-11-7-6-8-12-21/h6-18,20,36H,19H2,1-5H3,(H,32,34,35). The Hall–Kier alpha value is -4.35. The number of nitrogens with one attached hydrogen (secondary N) is 2. The van der Waals surface area contributed by atoms with Gasteiger partial charge in [-0.1, -0.05) is 36.4 Å². The van der Waals surface area contributed by atoms with Crippen molar-refractivity contribution < 1.29 is 13.2 Å². The quantitative estimate of drug-likeness (QED) is 0.243. The number of hydrogen-bond donors (Lipinski definition) is 2. The molecule has 1 aromatic carbocycles. The van der Waals surface area contributed by atoms with Crippen LogP contribution in [0.3, 0.4) is 0 Å². The molecule has 212 valence electrons. The lowest BCUT2D eigenvalue weighted by Gasteiger charge is -2.22. The maximum atomic E-state index is 13.4. The van der Waals surface area contributed by atoms with E-state index in [2.05, 4.69) is 20.0 Å². The summed E-state index contributed by atoms with van der Waals surface area (Å²) in [6.45, 7) is 9.39. The molecule has 4 heterocycles. The maximum absolute atomic E-state index is 13.4. The summed E-state index contributed by atoms with van der Waals surface area (Å²) in [4.78, 5) is 13.6. The predicted octanol–water partition coefficient (Wildman–Crippen LogP) is 5.33. The molecule has 0 radical (unpaired) electrons. The molecule has 0 fully saturated rings. The highest BCUT2D eigenvalue weighted by atomic mass is 32.2. The largest absolute Gasteiger partial charge is 0.474 e. The van der Waals surface area contributed by atoms with Gasteiger partial charge in [0.15, 0.2) is 11.6 Å². The van der Waals surface area contributed by atoms with Gasteiger partial charge in [0.05, 0.1) is 18.3 Å². The van der Waals surface area contributed by atoms with Gasteiger partial charge in [0, 0.05) is 35.3 Å². The molecule has 0 amide bonds. The van der Waals surface area contributed by atoms with Gasteiger partial charge in [0.2, 0.25) is 15.9 Å². The molecule has 0 saturated carbocycles. The molecule has 0 bridgehead atoms. The van der Waals surface area contributed by atoms with Crippen molar-refractivity contribution in [3.63, 3.8) is 0 Å². The molecule has 0 saturated heterocycles. The molecule has 41 heavy (non-hydrogen) atoms. The Morgan fingerprint density at radius 1 is 0.976 bits per heavy atom. The number of ether oxygens (including phenoxy) is 1. The molecule has 5 aromatic rings. The number of fused-ring (bicyclic) bond motifs is 1. The number of hydrogen-bond acceptors (Lipinski definition) is 8. The Balaban J connectivity index is 1.65. The number of pyridine rings is 2. The predicted molar refractivity (Wildman–Crippen MR) is 159 cm³/mol. The van der Waals surface area contributed by atoms with Gasteiger partial charge in [-0.15, -0.1) is 5.10 Å². The van der Waals surface area contributed by atoms with Crippen molar-refractivity contribution in [2.24, 2.45) is 0 Å². The third kappa shape index (κ3) is 6.53. The molecule has 0 aliphatic rings. The van der Waals surface area contributed by atoms with Gasteiger partial charge in [0.1, 0.15) is 10.4 Å². The normalized spacial score (nSPS) is 12.1. The fourth-order valence-corrected chi connectivity index (χ4v) is 5.84. The van der Waals surface area contributed by atoms with E-state index in [1.165, 1.54) is 12.3 Å². The first-order valence-electron chi connectivity index (χ1n) is 13.3. The molecule has 4 aromatic heterocycles. The van der Waals surface area contributed by atoms with Crippen LogP contribution in [0.25, 0.3) is 28.0 Å². The first-order chi connectivity index (χ1) is 19.5. The zero-order chi connectivity index (χ0) is 29.2. The smallest absolute Gasteiger partial charge is 0.246 e. The van der Waals surface area contributed by atoms with Crippen LogP contribution in [0.2, 0.25) is 0 Å². The van der Waals surface area contributed by atoms with Crippen molar-refractivity contribution in [1.29, 1.82) is 0 Å². The van der Waals surface area contributed by atoms with Crippen LogP contribution in [-0.2, 0) is 16.6 Å². The van der Waals surface area contributed by atoms with Crippen molar-refractivity contribution in [1.82, 2.24) is 29.3 Å². The average molecular weight is 572 g/mol. The summed E-state index contributed by atoms with van der Waals surface area (Å²) in [7, 11) is -3.98. The van der Waals surface area contributed by atoms with E-state index < -0.39 is 15.6 Å². The number of anilines is 1. The summed E-state index contributed by atoms with van der Waals surface area (Å²) in [5.74, 6) is 0.888. The van der Waals surface area contributed by atoms with Crippen LogP contribution < -0.4 is 14.8 Å². The maximum Gasteiger partial charge on any atom is 0.246 e. The lowest BCUT2D eigenvalue weighted by atomic mass is 10.1. The molecular weight excluding hydrogens is 538 g/mol. The Bertz CT molecular complexity index is 1770. The van der Waals surface area contributed by atoms with Crippen molar-refractivity contribution in [3.05, 3.63) is 84.9 Å². The van der Waals surface area contributed by atoms with Gasteiger partial charge < -0.3 is 10.1 Å². The highest BCUT2D eigenvalue weighted by Crippen LogP contribution is 2.33. The van der Waals surface area contributed by atoms with Gasteiger partial charge >= 0.3 is 0 Å². The Morgan fingerprint density at radius 3 is 2.41 bits per heavy atom. The molecule has 0 atom stereocenters. The van der Waals surface area contributed by atoms with Crippen LogP contribution >= 0.6 is 0 Å². The molecule has 0 unspecified atom stereocenters. The molecule has 2 N–H and O–H groups in total. The van der Waals surface area contributed by atoms with Crippen LogP contribution in [0.15, 0.2) is 84.1 Å².